The molecule has 1 saturated carbocycles. The Morgan fingerprint density at radius 1 is 1.04 bits per heavy atom. The lowest BCUT2D eigenvalue weighted by molar-refractivity contribution is -0.0381. The van der Waals surface area contributed by atoms with Crippen molar-refractivity contribution >= 4 is 5.97 Å². The molecular weight excluding hydrogens is 288 g/mol. The molecule has 0 heterocycles. The van der Waals surface area contributed by atoms with Crippen LogP contribution < -0.4 is 0 Å². The molecule has 1 aliphatic carbocycles. The number of carbonyl (C=O) groups is 1. The highest BCUT2D eigenvalue weighted by molar-refractivity contribution is 5.92. The average Bonchev–Trinajstić information content (AvgIpc) is 3.42. The minimum atomic E-state index is -0.404. The van der Waals surface area contributed by atoms with E-state index in [0.717, 1.165) is 18.4 Å². The predicted octanol–water partition coefficient (Wildman–Crippen LogP) is 3.78. The molecule has 2 aromatic carbocycles. The zero-order valence-electron chi connectivity index (χ0n) is 12.8. The number of carbonyl (C=O) groups excluding carboxylic acids is 1. The number of benzene rings is 2. The van der Waals surface area contributed by atoms with Gasteiger partial charge in [0, 0.05) is 11.5 Å². The maximum absolute atomic E-state index is 12.2. The van der Waals surface area contributed by atoms with E-state index in [0.29, 0.717) is 23.7 Å². The number of rotatable bonds is 5. The highest BCUT2D eigenvalue weighted by Gasteiger charge is 2.18. The van der Waals surface area contributed by atoms with E-state index in [2.05, 4.69) is 11.8 Å². The summed E-state index contributed by atoms with van der Waals surface area (Å²) in [7, 11) is 0. The summed E-state index contributed by atoms with van der Waals surface area (Å²) < 4.78 is 10.6. The molecule has 0 aromatic heterocycles. The number of esters is 1. The molecule has 1 fully saturated rings. The van der Waals surface area contributed by atoms with Gasteiger partial charge in [-0.2, -0.15) is 0 Å². The van der Waals surface area contributed by atoms with Gasteiger partial charge in [0.2, 0.25) is 0 Å². The molecule has 0 unspecified atom stereocenters. The van der Waals surface area contributed by atoms with E-state index in [1.165, 1.54) is 0 Å². The van der Waals surface area contributed by atoms with Gasteiger partial charge in [-0.05, 0) is 30.5 Å². The molecule has 0 atom stereocenters. The van der Waals surface area contributed by atoms with Crippen LogP contribution in [-0.2, 0) is 16.1 Å². The minimum absolute atomic E-state index is 0.0713. The van der Waals surface area contributed by atoms with Gasteiger partial charge in [0.15, 0.2) is 6.79 Å². The standard InChI is InChI=1S/C20H18O3/c21-20(23-15-22-14-17-6-2-1-3-7-17)19-9-5-4-8-18(19)13-12-16-10-11-16/h1-9,16H,10-11,14-15H2. The van der Waals surface area contributed by atoms with Gasteiger partial charge < -0.3 is 9.47 Å². The van der Waals surface area contributed by atoms with Gasteiger partial charge in [-0.3, -0.25) is 0 Å². The minimum Gasteiger partial charge on any atom is -0.435 e. The Balaban J connectivity index is 1.53. The van der Waals surface area contributed by atoms with Crippen LogP contribution in [0.3, 0.4) is 0 Å². The first-order valence-corrected chi connectivity index (χ1v) is 7.72. The molecule has 3 heteroatoms. The molecule has 0 spiro atoms. The summed E-state index contributed by atoms with van der Waals surface area (Å²) in [6.45, 7) is 0.343. The molecular formula is C20H18O3. The van der Waals surface area contributed by atoms with Crippen LogP contribution in [0.1, 0.15) is 34.3 Å². The van der Waals surface area contributed by atoms with Crippen molar-refractivity contribution in [3.05, 3.63) is 71.3 Å². The summed E-state index contributed by atoms with van der Waals surface area (Å²) in [5.41, 5.74) is 2.25. The van der Waals surface area contributed by atoms with Crippen molar-refractivity contribution in [1.82, 2.24) is 0 Å². The third-order valence-electron chi connectivity index (χ3n) is 3.52. The average molecular weight is 306 g/mol. The molecule has 116 valence electrons. The zero-order chi connectivity index (χ0) is 15.9. The van der Waals surface area contributed by atoms with E-state index < -0.39 is 5.97 Å². The molecule has 0 bridgehead atoms. The largest absolute Gasteiger partial charge is 0.435 e. The SMILES string of the molecule is O=C(OCOCc1ccccc1)c1ccccc1C#CC1CC1. The molecule has 1 aliphatic rings. The van der Waals surface area contributed by atoms with Gasteiger partial charge in [0.05, 0.1) is 12.2 Å². The smallest absolute Gasteiger partial charge is 0.341 e. The normalized spacial score (nSPS) is 13.0. The predicted molar refractivity (Wildman–Crippen MR) is 87.6 cm³/mol. The van der Waals surface area contributed by atoms with E-state index in [4.69, 9.17) is 9.47 Å². The van der Waals surface area contributed by atoms with E-state index in [1.807, 2.05) is 48.5 Å². The van der Waals surface area contributed by atoms with Crippen LogP contribution in [-0.4, -0.2) is 12.8 Å². The first-order chi connectivity index (χ1) is 11.3. The fourth-order valence-corrected chi connectivity index (χ4v) is 2.08. The molecule has 3 nitrogen and oxygen atoms in total. The fourth-order valence-electron chi connectivity index (χ4n) is 2.08. The number of hydrogen-bond donors (Lipinski definition) is 0. The second kappa shape index (κ2) is 7.62. The van der Waals surface area contributed by atoms with Gasteiger partial charge in [-0.15, -0.1) is 0 Å². The summed E-state index contributed by atoms with van der Waals surface area (Å²) in [6, 6.07) is 17.0. The Kier molecular flexibility index (Phi) is 5.08. The summed E-state index contributed by atoms with van der Waals surface area (Å²) in [4.78, 5) is 12.2. The molecule has 0 amide bonds. The van der Waals surface area contributed by atoms with Crippen molar-refractivity contribution in [1.29, 1.82) is 0 Å². The fraction of sp³-hybridized carbons (Fsp3) is 0.250. The summed E-state index contributed by atoms with van der Waals surface area (Å²) in [5, 5.41) is 0. The summed E-state index contributed by atoms with van der Waals surface area (Å²) >= 11 is 0. The van der Waals surface area contributed by atoms with Gasteiger partial charge in [0.25, 0.3) is 0 Å². The van der Waals surface area contributed by atoms with E-state index in [1.54, 1.807) is 6.07 Å². The van der Waals surface area contributed by atoms with Crippen molar-refractivity contribution in [3.8, 4) is 11.8 Å². The van der Waals surface area contributed by atoms with Crippen LogP contribution in [0.15, 0.2) is 54.6 Å². The van der Waals surface area contributed by atoms with Crippen LogP contribution >= 0.6 is 0 Å². The zero-order valence-corrected chi connectivity index (χ0v) is 12.8. The summed E-state index contributed by atoms with van der Waals surface area (Å²) in [6.07, 6.45) is 2.32. The van der Waals surface area contributed by atoms with Gasteiger partial charge in [-0.25, -0.2) is 4.79 Å². The highest BCUT2D eigenvalue weighted by atomic mass is 16.7. The van der Waals surface area contributed by atoms with E-state index in [9.17, 15) is 4.79 Å². The van der Waals surface area contributed by atoms with E-state index >= 15 is 0 Å². The highest BCUT2D eigenvalue weighted by Crippen LogP contribution is 2.27. The van der Waals surface area contributed by atoms with Crippen LogP contribution in [0.4, 0.5) is 0 Å². The Bertz CT molecular complexity index is 721. The second-order valence-electron chi connectivity index (χ2n) is 5.47. The van der Waals surface area contributed by atoms with Gasteiger partial charge in [-0.1, -0.05) is 54.3 Å². The topological polar surface area (TPSA) is 35.5 Å². The Labute approximate surface area is 136 Å². The van der Waals surface area contributed by atoms with Crippen LogP contribution in [0, 0.1) is 17.8 Å². The lowest BCUT2D eigenvalue weighted by Gasteiger charge is -2.07. The molecule has 0 radical (unpaired) electrons. The molecule has 0 aliphatic heterocycles. The van der Waals surface area contributed by atoms with E-state index in [-0.39, 0.29) is 6.79 Å². The molecule has 3 rings (SSSR count). The second-order valence-corrected chi connectivity index (χ2v) is 5.47. The van der Waals surface area contributed by atoms with Crippen molar-refractivity contribution in [2.24, 2.45) is 5.92 Å². The number of hydrogen-bond acceptors (Lipinski definition) is 3. The van der Waals surface area contributed by atoms with Crippen molar-refractivity contribution in [2.45, 2.75) is 19.4 Å². The molecule has 23 heavy (non-hydrogen) atoms. The van der Waals surface area contributed by atoms with Gasteiger partial charge in [0.1, 0.15) is 0 Å². The van der Waals surface area contributed by atoms with Crippen LogP contribution in [0.5, 0.6) is 0 Å². The third kappa shape index (κ3) is 4.70. The maximum Gasteiger partial charge on any atom is 0.341 e. The van der Waals surface area contributed by atoms with Crippen LogP contribution in [0.2, 0.25) is 0 Å². The van der Waals surface area contributed by atoms with Crippen molar-refractivity contribution in [2.75, 3.05) is 6.79 Å². The maximum atomic E-state index is 12.2. The monoisotopic (exact) mass is 306 g/mol. The Morgan fingerprint density at radius 3 is 2.57 bits per heavy atom. The Hall–Kier alpha value is -2.57. The molecule has 0 N–H and O–H groups in total. The van der Waals surface area contributed by atoms with Crippen molar-refractivity contribution < 1.29 is 14.3 Å². The lowest BCUT2D eigenvalue weighted by Crippen LogP contribution is -2.10. The molecule has 2 aromatic rings. The van der Waals surface area contributed by atoms with Gasteiger partial charge >= 0.3 is 5.97 Å². The quantitative estimate of drug-likeness (QED) is 0.365. The lowest BCUT2D eigenvalue weighted by atomic mass is 10.1. The summed E-state index contributed by atoms with van der Waals surface area (Å²) in [5.74, 6) is 6.34. The Morgan fingerprint density at radius 2 is 1.78 bits per heavy atom. The first kappa shape index (κ1) is 15.3. The molecule has 0 saturated heterocycles. The third-order valence-corrected chi connectivity index (χ3v) is 3.52. The van der Waals surface area contributed by atoms with Crippen molar-refractivity contribution in [3.63, 3.8) is 0 Å². The first-order valence-electron chi connectivity index (χ1n) is 7.72. The van der Waals surface area contributed by atoms with Crippen LogP contribution in [0.25, 0.3) is 0 Å². The number of ether oxygens (including phenoxy) is 2.